The lowest BCUT2D eigenvalue weighted by Crippen LogP contribution is -2.39. The molecule has 0 saturated heterocycles. The zero-order valence-corrected chi connectivity index (χ0v) is 17.1. The highest BCUT2D eigenvalue weighted by molar-refractivity contribution is 6.04. The van der Waals surface area contributed by atoms with E-state index in [1.165, 1.54) is 12.1 Å². The number of nitrogens with one attached hydrogen (secondary N) is 3. The highest BCUT2D eigenvalue weighted by atomic mass is 19.1. The number of halogens is 1. The van der Waals surface area contributed by atoms with Crippen molar-refractivity contribution in [1.82, 2.24) is 5.32 Å². The molecule has 1 aliphatic rings. The number of fused-ring (bicyclic) bond motifs is 1. The van der Waals surface area contributed by atoms with Crippen molar-refractivity contribution in [2.45, 2.75) is 40.3 Å². The Morgan fingerprint density at radius 2 is 1.73 bits per heavy atom. The minimum absolute atomic E-state index is 0.0457. The van der Waals surface area contributed by atoms with E-state index in [0.717, 1.165) is 5.76 Å². The zero-order chi connectivity index (χ0) is 21.8. The normalized spacial score (nSPS) is 14.5. The van der Waals surface area contributed by atoms with Crippen molar-refractivity contribution < 1.29 is 13.6 Å². The zero-order valence-electron chi connectivity index (χ0n) is 17.1. The molecule has 3 aromatic rings. The number of anilines is 3. The summed E-state index contributed by atoms with van der Waals surface area (Å²) in [7, 11) is 0. The molecule has 2 heterocycles. The number of rotatable bonds is 5. The van der Waals surface area contributed by atoms with Crippen LogP contribution in [0.2, 0.25) is 0 Å². The first-order chi connectivity index (χ1) is 14.1. The Morgan fingerprint density at radius 1 is 1.03 bits per heavy atom. The number of amides is 1. The number of aryl methyl sites for hydroxylation is 1. The van der Waals surface area contributed by atoms with Crippen LogP contribution in [0.4, 0.5) is 21.5 Å². The molecule has 1 aliphatic heterocycles. The van der Waals surface area contributed by atoms with E-state index >= 15 is 0 Å². The van der Waals surface area contributed by atoms with Crippen molar-refractivity contribution in [3.63, 3.8) is 0 Å². The molecule has 0 saturated carbocycles. The number of carbonyl (C=O) groups excluding carboxylic acids is 1. The lowest BCUT2D eigenvalue weighted by atomic mass is 9.85. The molecule has 2 aromatic carbocycles. The largest absolute Gasteiger partial charge is 0.464 e. The topological polar surface area (TPSA) is 100 Å². The fourth-order valence-electron chi connectivity index (χ4n) is 3.65. The summed E-state index contributed by atoms with van der Waals surface area (Å²) in [4.78, 5) is 36.8. The molecule has 30 heavy (non-hydrogen) atoms. The molecule has 0 aliphatic carbocycles. The molecule has 4 rings (SSSR count). The molecule has 3 N–H and O–H groups in total. The molecule has 0 bridgehead atoms. The Balaban J connectivity index is 1.72. The highest BCUT2D eigenvalue weighted by Gasteiger charge is 2.34. The van der Waals surface area contributed by atoms with E-state index in [0.29, 0.717) is 11.3 Å². The van der Waals surface area contributed by atoms with Gasteiger partial charge in [-0.15, -0.1) is 0 Å². The Bertz CT molecular complexity index is 1230. The van der Waals surface area contributed by atoms with E-state index < -0.39 is 28.6 Å². The van der Waals surface area contributed by atoms with Crippen molar-refractivity contribution in [2.75, 3.05) is 10.6 Å². The van der Waals surface area contributed by atoms with Gasteiger partial charge in [0.1, 0.15) is 28.7 Å². The second-order valence-electron chi connectivity index (χ2n) is 8.56. The Kier molecular flexibility index (Phi) is 4.52. The summed E-state index contributed by atoms with van der Waals surface area (Å²) in [6.07, 6.45) is 0. The molecule has 1 atom stereocenters. The number of carbonyl (C=O) groups is 1. The smallest absolute Gasteiger partial charge is 0.254 e. The van der Waals surface area contributed by atoms with Crippen LogP contribution >= 0.6 is 0 Å². The molecule has 1 unspecified atom stereocenters. The monoisotopic (exact) mass is 411 g/mol. The summed E-state index contributed by atoms with van der Waals surface area (Å²) < 4.78 is 20.2. The van der Waals surface area contributed by atoms with E-state index in [4.69, 9.17) is 4.42 Å². The summed E-state index contributed by atoms with van der Waals surface area (Å²) in [6, 6.07) is 5.96. The third-order valence-electron chi connectivity index (χ3n) is 5.27. The van der Waals surface area contributed by atoms with Crippen LogP contribution < -0.4 is 26.8 Å². The molecule has 0 spiro atoms. The maximum absolute atomic E-state index is 14.5. The Labute approximate surface area is 172 Å². The average Bonchev–Trinajstić information content (AvgIpc) is 3.27. The number of benzene rings is 1. The minimum atomic E-state index is -0.767. The summed E-state index contributed by atoms with van der Waals surface area (Å²) in [6.45, 7) is 8.00. The predicted molar refractivity (Wildman–Crippen MR) is 111 cm³/mol. The van der Waals surface area contributed by atoms with Gasteiger partial charge in [-0.25, -0.2) is 4.39 Å². The lowest BCUT2D eigenvalue weighted by molar-refractivity contribution is 0.0966. The molecule has 1 aromatic heterocycles. The van der Waals surface area contributed by atoms with Crippen molar-refractivity contribution >= 4 is 23.0 Å². The fraction of sp³-hybridized carbons (Fsp3) is 0.318. The lowest BCUT2D eigenvalue weighted by Gasteiger charge is -2.31. The summed E-state index contributed by atoms with van der Waals surface area (Å²) in [5, 5.41) is 8.43. The molecular weight excluding hydrogens is 389 g/mol. The third-order valence-corrected chi connectivity index (χ3v) is 5.27. The second-order valence-corrected chi connectivity index (χ2v) is 8.56. The van der Waals surface area contributed by atoms with Crippen LogP contribution in [0.3, 0.4) is 0 Å². The maximum atomic E-state index is 14.5. The minimum Gasteiger partial charge on any atom is -0.464 e. The SMILES string of the molecule is Cc1ccc(C(Nc2c(Nc3c(F)ccc4c3C(=O)NC4)c(=O)c2=O)C(C)(C)C)o1. The van der Waals surface area contributed by atoms with Crippen molar-refractivity contribution in [2.24, 2.45) is 5.41 Å². The third kappa shape index (κ3) is 3.18. The van der Waals surface area contributed by atoms with Crippen LogP contribution in [0.1, 0.15) is 54.3 Å². The van der Waals surface area contributed by atoms with Gasteiger partial charge in [-0.3, -0.25) is 14.4 Å². The van der Waals surface area contributed by atoms with E-state index in [-0.39, 0.29) is 34.6 Å². The fourth-order valence-corrected chi connectivity index (χ4v) is 3.65. The van der Waals surface area contributed by atoms with E-state index in [2.05, 4.69) is 16.0 Å². The van der Waals surface area contributed by atoms with Gasteiger partial charge in [0.2, 0.25) is 0 Å². The predicted octanol–water partition coefficient (Wildman–Crippen LogP) is 3.51. The molecular formula is C22H22FN3O4. The molecule has 0 radical (unpaired) electrons. The van der Waals surface area contributed by atoms with E-state index in [1.54, 1.807) is 0 Å². The van der Waals surface area contributed by atoms with Gasteiger partial charge in [0.05, 0.1) is 17.3 Å². The van der Waals surface area contributed by atoms with Gasteiger partial charge in [0.25, 0.3) is 16.8 Å². The Morgan fingerprint density at radius 3 is 2.37 bits per heavy atom. The highest BCUT2D eigenvalue weighted by Crippen LogP contribution is 2.38. The van der Waals surface area contributed by atoms with Crippen LogP contribution in [0.15, 0.2) is 38.3 Å². The first kappa shape index (κ1) is 19.9. The first-order valence-corrected chi connectivity index (χ1v) is 9.60. The van der Waals surface area contributed by atoms with E-state index in [9.17, 15) is 18.8 Å². The standard InChI is InChI=1S/C22H22FN3O4/c1-10-5-8-13(30-10)20(22(2,3)4)26-17-16(18(27)19(17)28)25-15-12(23)7-6-11-9-24-21(29)14(11)15/h5-8,20,25-26H,9H2,1-4H3,(H,24,29). The number of furan rings is 1. The summed E-state index contributed by atoms with van der Waals surface area (Å²) in [5.41, 5.74) is -1.20. The maximum Gasteiger partial charge on any atom is 0.254 e. The summed E-state index contributed by atoms with van der Waals surface area (Å²) >= 11 is 0. The van der Waals surface area contributed by atoms with Crippen molar-refractivity contribution in [3.05, 3.63) is 73.2 Å². The number of hydrogen-bond donors (Lipinski definition) is 3. The quantitative estimate of drug-likeness (QED) is 0.556. The van der Waals surface area contributed by atoms with Crippen LogP contribution in [0.25, 0.3) is 0 Å². The average molecular weight is 411 g/mol. The van der Waals surface area contributed by atoms with E-state index in [1.807, 2.05) is 39.8 Å². The molecule has 8 heteroatoms. The van der Waals surface area contributed by atoms with Crippen molar-refractivity contribution in [1.29, 1.82) is 0 Å². The van der Waals surface area contributed by atoms with Crippen LogP contribution in [0, 0.1) is 18.2 Å². The van der Waals surface area contributed by atoms with Crippen molar-refractivity contribution in [3.8, 4) is 0 Å². The van der Waals surface area contributed by atoms with Gasteiger partial charge < -0.3 is 20.4 Å². The van der Waals surface area contributed by atoms with Gasteiger partial charge in [-0.1, -0.05) is 26.8 Å². The number of hydrogen-bond acceptors (Lipinski definition) is 6. The molecule has 1 amide bonds. The first-order valence-electron chi connectivity index (χ1n) is 9.60. The van der Waals surface area contributed by atoms with Crippen LogP contribution in [0.5, 0.6) is 0 Å². The van der Waals surface area contributed by atoms with Crippen LogP contribution in [-0.2, 0) is 6.54 Å². The van der Waals surface area contributed by atoms with Crippen LogP contribution in [-0.4, -0.2) is 5.91 Å². The molecule has 7 nitrogen and oxygen atoms in total. The summed E-state index contributed by atoms with van der Waals surface area (Å²) in [5.74, 6) is 0.222. The van der Waals surface area contributed by atoms with Gasteiger partial charge in [-0.05, 0) is 36.1 Å². The van der Waals surface area contributed by atoms with Gasteiger partial charge >= 0.3 is 0 Å². The second kappa shape index (κ2) is 6.83. The Hall–Kier alpha value is -3.42. The van der Waals surface area contributed by atoms with Gasteiger partial charge in [-0.2, -0.15) is 0 Å². The molecule has 156 valence electrons. The van der Waals surface area contributed by atoms with Gasteiger partial charge in [0, 0.05) is 6.54 Å². The van der Waals surface area contributed by atoms with Gasteiger partial charge in [0.15, 0.2) is 0 Å². The molecule has 0 fully saturated rings.